The van der Waals surface area contributed by atoms with Gasteiger partial charge in [-0.3, -0.25) is 48.4 Å². The molecule has 2 aliphatic rings. The molecule has 19 heteroatoms. The number of aromatic nitrogens is 12. The maximum atomic E-state index is 6.44. The minimum atomic E-state index is 0. The first-order chi connectivity index (χ1) is 65.2. The van der Waals surface area contributed by atoms with Crippen molar-refractivity contribution in [2.24, 2.45) is 7.05 Å². The molecule has 2 aliphatic heterocycles. The van der Waals surface area contributed by atoms with E-state index in [1.165, 1.54) is 61.3 Å². The molecule has 6 aromatic heterocycles. The van der Waals surface area contributed by atoms with Crippen molar-refractivity contribution in [1.82, 2.24) is 57.3 Å². The molecule has 14 aromatic carbocycles. The standard InChI is InChI=1S/C44H41N5.C39H29N5O.C35H29N5.3Pt/c1-30(2)38-24-15-25-39(31(3)4)43(38)47-27-40(45-29-47)35-20-14-23-37(26-35)49(36-21-11-8-12-22-36)41-28-48(42-32(5)16-13-17-33(42)6)44(46-41)34-18-9-7-10-19-34;1-26-20-27(2)37(28(3)21-26)43-25-35-30-13-11-19-34(23-30)45-39-41-36(24-42(39)31-14-6-4-7-15-31)29-12-10-18-33(22-29)44(38(43)40-35)32-16-8-5-9-17-32;1-23-16-24(2)34(25(3)17-23)39-22-32-27-11-8-10-26(18-27)19-33-36-31(21-38(33)4)28-12-9-15-30(20-28)40(35(39)37-32)29-13-6-5-7-14-29;;;/h7-18,20-25,27-31H,1-6H3;4-21,24-25H,1-3H3;5-17,21-22H,19H2,1-4H3;;;/q3*-2;3*+2. The number of rotatable bonds is 14. The Hall–Kier alpha value is -14.4. The number of benzene rings is 14. The van der Waals surface area contributed by atoms with Crippen molar-refractivity contribution in [2.45, 2.75) is 101 Å². The number of nitrogens with zero attached hydrogens (tertiary/aromatic N) is 15. The van der Waals surface area contributed by atoms with Crippen LogP contribution in [0.2, 0.25) is 0 Å². The van der Waals surface area contributed by atoms with E-state index < -0.39 is 0 Å². The molecular formula is C118H99N15OPt3. The van der Waals surface area contributed by atoms with Gasteiger partial charge in [0.2, 0.25) is 11.9 Å². The summed E-state index contributed by atoms with van der Waals surface area (Å²) in [6, 6.07) is 124. The van der Waals surface area contributed by atoms with Gasteiger partial charge in [-0.05, 0) is 208 Å². The summed E-state index contributed by atoms with van der Waals surface area (Å²) in [7, 11) is 2.05. The second kappa shape index (κ2) is 40.6. The quantitative estimate of drug-likeness (QED) is 0.0972. The van der Waals surface area contributed by atoms with Crippen molar-refractivity contribution in [3.8, 4) is 108 Å². The van der Waals surface area contributed by atoms with Crippen molar-refractivity contribution < 1.29 is 67.9 Å². The summed E-state index contributed by atoms with van der Waals surface area (Å²) in [5.41, 5.74) is 33.9. The Labute approximate surface area is 845 Å². The van der Waals surface area contributed by atoms with Crippen LogP contribution in [-0.4, -0.2) is 57.3 Å². The molecule has 16 bridgehead atoms. The maximum absolute atomic E-state index is 6.44. The first-order valence-corrected chi connectivity index (χ1v) is 45.4. The number of imidazole rings is 6. The minimum absolute atomic E-state index is 0. The Bertz CT molecular complexity index is 7630. The predicted octanol–water partition coefficient (Wildman–Crippen LogP) is 28.7. The van der Waals surface area contributed by atoms with E-state index in [0.29, 0.717) is 30.0 Å². The molecule has 0 spiro atoms. The predicted molar refractivity (Wildman–Crippen MR) is 540 cm³/mol. The monoisotopic (exact) mass is 2330 g/mol. The summed E-state index contributed by atoms with van der Waals surface area (Å²) >= 11 is 0. The van der Waals surface area contributed by atoms with Gasteiger partial charge in [-0.2, -0.15) is 0 Å². The molecule has 0 saturated heterocycles. The molecule has 0 amide bonds. The van der Waals surface area contributed by atoms with E-state index in [2.05, 4.69) is 376 Å². The van der Waals surface area contributed by atoms with E-state index >= 15 is 0 Å². The topological polar surface area (TPSA) is 126 Å². The van der Waals surface area contributed by atoms with Crippen LogP contribution in [0.15, 0.2) is 341 Å². The van der Waals surface area contributed by atoms with Gasteiger partial charge in [-0.15, -0.1) is 185 Å². The Kier molecular flexibility index (Phi) is 28.0. The van der Waals surface area contributed by atoms with Gasteiger partial charge in [0.05, 0.1) is 29.2 Å². The zero-order chi connectivity index (χ0) is 91.9. The van der Waals surface area contributed by atoms with Crippen LogP contribution < -0.4 is 19.4 Å². The third-order valence-electron chi connectivity index (χ3n) is 24.6. The second-order valence-corrected chi connectivity index (χ2v) is 35.1. The number of hydrogen-bond acceptors (Lipinski definition) is 10. The maximum Gasteiger partial charge on any atom is 2.00 e. The van der Waals surface area contributed by atoms with Crippen LogP contribution in [-0.2, 0) is 76.7 Å². The number of fused-ring (bicyclic) bond motifs is 20. The van der Waals surface area contributed by atoms with Crippen LogP contribution in [0, 0.1) is 91.8 Å². The van der Waals surface area contributed by atoms with E-state index in [9.17, 15) is 0 Å². The number of anilines is 9. The summed E-state index contributed by atoms with van der Waals surface area (Å²) in [6.45, 7) is 26.2. The molecule has 682 valence electrons. The zero-order valence-corrected chi connectivity index (χ0v) is 85.1. The number of aryl methyl sites for hydroxylation is 9. The van der Waals surface area contributed by atoms with Gasteiger partial charge >= 0.3 is 63.2 Å². The Morgan fingerprint density at radius 3 is 1.36 bits per heavy atom. The summed E-state index contributed by atoms with van der Waals surface area (Å²) in [5, 5.41) is 0. The van der Waals surface area contributed by atoms with E-state index in [4.69, 9.17) is 34.6 Å². The second-order valence-electron chi connectivity index (χ2n) is 35.1. The van der Waals surface area contributed by atoms with Gasteiger partial charge in [-0.25, -0.2) is 4.98 Å². The van der Waals surface area contributed by atoms with Gasteiger partial charge < -0.3 is 23.3 Å². The molecular weight excluding hydrogens is 2230 g/mol. The fraction of sp³-hybridized carbons (Fsp3) is 0.136. The van der Waals surface area contributed by atoms with Crippen molar-refractivity contribution in [1.29, 1.82) is 0 Å². The van der Waals surface area contributed by atoms with Crippen LogP contribution in [0.5, 0.6) is 11.8 Å². The molecule has 22 rings (SSSR count). The molecule has 0 radical (unpaired) electrons. The van der Waals surface area contributed by atoms with Gasteiger partial charge in [0.25, 0.3) is 6.01 Å². The van der Waals surface area contributed by atoms with Crippen molar-refractivity contribution >= 4 is 51.8 Å². The first-order valence-electron chi connectivity index (χ1n) is 45.4. The normalized spacial score (nSPS) is 11.6. The minimum Gasteiger partial charge on any atom is -0.446 e. The first kappa shape index (κ1) is 94.4. The fourth-order valence-electron chi connectivity index (χ4n) is 18.6. The Balaban J connectivity index is 0.000000141. The van der Waals surface area contributed by atoms with E-state index in [1.54, 1.807) is 0 Å². The largest absolute Gasteiger partial charge is 2.00 e. The molecule has 20 aromatic rings. The van der Waals surface area contributed by atoms with Crippen LogP contribution in [0.3, 0.4) is 0 Å². The zero-order valence-electron chi connectivity index (χ0n) is 78.3. The van der Waals surface area contributed by atoms with Gasteiger partial charge in [0.1, 0.15) is 11.6 Å². The van der Waals surface area contributed by atoms with Crippen LogP contribution in [0.1, 0.15) is 107 Å². The van der Waals surface area contributed by atoms with Crippen LogP contribution >= 0.6 is 0 Å². The number of para-hydroxylation sites is 6. The van der Waals surface area contributed by atoms with Crippen LogP contribution in [0.4, 0.5) is 51.8 Å². The van der Waals surface area contributed by atoms with Gasteiger partial charge in [0.15, 0.2) is 0 Å². The van der Waals surface area contributed by atoms with Crippen molar-refractivity contribution in [3.05, 3.63) is 444 Å². The third kappa shape index (κ3) is 19.3. The summed E-state index contributed by atoms with van der Waals surface area (Å²) < 4.78 is 19.3. The smallest absolute Gasteiger partial charge is 0.446 e. The molecule has 0 aliphatic carbocycles. The fourth-order valence-corrected chi connectivity index (χ4v) is 18.6. The van der Waals surface area contributed by atoms with E-state index in [-0.39, 0.29) is 63.2 Å². The molecule has 16 nitrogen and oxygen atoms in total. The Morgan fingerprint density at radius 2 is 0.810 bits per heavy atom. The molecule has 0 N–H and O–H groups in total. The van der Waals surface area contributed by atoms with Crippen molar-refractivity contribution in [3.63, 3.8) is 0 Å². The molecule has 0 saturated carbocycles. The molecule has 137 heavy (non-hydrogen) atoms. The number of hydrogen-bond donors (Lipinski definition) is 0. The molecule has 0 unspecified atom stereocenters. The summed E-state index contributed by atoms with van der Waals surface area (Å²) in [5.74, 6) is 5.45. The van der Waals surface area contributed by atoms with Gasteiger partial charge in [0, 0.05) is 82.3 Å². The average Bonchev–Trinajstić information content (AvgIpc) is 1.64. The molecule has 0 fully saturated rings. The molecule has 8 heterocycles. The summed E-state index contributed by atoms with van der Waals surface area (Å²) in [6.07, 6.45) is 15.2. The third-order valence-corrected chi connectivity index (χ3v) is 24.6. The summed E-state index contributed by atoms with van der Waals surface area (Å²) in [4.78, 5) is 37.3. The van der Waals surface area contributed by atoms with Gasteiger partial charge in [-0.1, -0.05) is 178 Å². The average molecular weight is 2330 g/mol. The SMILES string of the molecule is Cc1cc(C)c(-n2cc3nc2N(c2ccccc2)c2[c-]c(ccc2)-c2cn(-c4ccccc4)c(n2)Oc2[c-]c-3ccc2)c(C)c1.Cc1cc(C)c(-n2cc3nc2N(c2ccccc2)c2[c-]c(ccc2)-c2cn(C)c(n2)Cc2[c-]c-3ccc2)c(C)c1.Cc1cccc(C)c1-n1cc(N(c2[c-]c(-c3cn(-c4c(C(C)C)cccc4C(C)C)cn3)ccc2)c2ccccc2)nc1-c1[c-]cccc1.[Pt+2].[Pt+2].[Pt+2]. The number of ether oxygens (including phenoxy) is 1. The molecule has 0 atom stereocenters. The van der Waals surface area contributed by atoms with E-state index in [1.807, 2.05) is 133 Å². The van der Waals surface area contributed by atoms with E-state index in [0.717, 1.165) is 154 Å². The van der Waals surface area contributed by atoms with Crippen LogP contribution in [0.25, 0.3) is 96.1 Å². The van der Waals surface area contributed by atoms with Crippen molar-refractivity contribution in [2.75, 3.05) is 14.7 Å². The Morgan fingerprint density at radius 1 is 0.358 bits per heavy atom.